The Morgan fingerprint density at radius 3 is 1.20 bits per heavy atom. The van der Waals surface area contributed by atoms with Crippen LogP contribution in [0.2, 0.25) is 0 Å². The van der Waals surface area contributed by atoms with Crippen LogP contribution < -0.4 is 21.2 Å². The van der Waals surface area contributed by atoms with Crippen molar-refractivity contribution < 1.29 is 47.2 Å². The van der Waals surface area contributed by atoms with Crippen molar-refractivity contribution in [3.8, 4) is 0 Å². The average Bonchev–Trinajstić information content (AvgIpc) is 2.94. The molecular formula is C31H43N2O10P. The van der Waals surface area contributed by atoms with Crippen molar-refractivity contribution in [3.05, 3.63) is 59.7 Å². The van der Waals surface area contributed by atoms with Crippen molar-refractivity contribution >= 4 is 42.1 Å². The summed E-state index contributed by atoms with van der Waals surface area (Å²) in [6, 6.07) is 11.3. The van der Waals surface area contributed by atoms with Gasteiger partial charge in [0.05, 0.1) is 14.2 Å². The molecule has 0 saturated carbocycles. The Bertz CT molecular complexity index is 1250. The van der Waals surface area contributed by atoms with Gasteiger partial charge in [-0.15, -0.1) is 0 Å². The number of carbonyl (C=O) groups is 4. The standard InChI is InChI=1S/C31H43N2O10P/c1-30(2,3)42-28(36)32-24(26(34)39-7)18-20-10-14-22(15-11-20)44(38,41-9)23-16-12-21(13-17-23)19-25(27(35)40-8)33-29(37)43-31(4,5)6/h10-17,24-25H,18-19H2,1-9H3,(H,32,36)(H,33,37)/t24-,25-/m0/s1. The first-order chi connectivity index (χ1) is 20.4. The van der Waals surface area contributed by atoms with Crippen molar-refractivity contribution in [2.45, 2.75) is 77.7 Å². The molecule has 12 nitrogen and oxygen atoms in total. The molecule has 2 aromatic rings. The summed E-state index contributed by atoms with van der Waals surface area (Å²) in [6.07, 6.45) is -1.29. The van der Waals surface area contributed by atoms with E-state index in [-0.39, 0.29) is 12.8 Å². The van der Waals surface area contributed by atoms with Crippen molar-refractivity contribution in [1.29, 1.82) is 0 Å². The summed E-state index contributed by atoms with van der Waals surface area (Å²) < 4.78 is 39.7. The highest BCUT2D eigenvalue weighted by Gasteiger charge is 2.30. The Morgan fingerprint density at radius 2 is 0.955 bits per heavy atom. The molecule has 13 heteroatoms. The first kappa shape index (κ1) is 36.3. The topological polar surface area (TPSA) is 156 Å². The van der Waals surface area contributed by atoms with Crippen LogP contribution in [0, 0.1) is 0 Å². The molecule has 44 heavy (non-hydrogen) atoms. The number of benzene rings is 2. The van der Waals surface area contributed by atoms with Crippen molar-refractivity contribution in [1.82, 2.24) is 10.6 Å². The number of nitrogens with one attached hydrogen (secondary N) is 2. The Hall–Kier alpha value is -3.89. The van der Waals surface area contributed by atoms with Gasteiger partial charge in [0.1, 0.15) is 23.3 Å². The molecule has 2 atom stereocenters. The molecule has 0 aliphatic rings. The van der Waals surface area contributed by atoms with Gasteiger partial charge in [0, 0.05) is 30.6 Å². The van der Waals surface area contributed by atoms with Gasteiger partial charge in [-0.3, -0.25) is 4.57 Å². The van der Waals surface area contributed by atoms with E-state index in [1.807, 2.05) is 0 Å². The van der Waals surface area contributed by atoms with Crippen LogP contribution in [0.3, 0.4) is 0 Å². The molecule has 0 radical (unpaired) electrons. The maximum Gasteiger partial charge on any atom is 0.408 e. The van der Waals surface area contributed by atoms with Crippen LogP contribution in [0.4, 0.5) is 9.59 Å². The highest BCUT2D eigenvalue weighted by Crippen LogP contribution is 2.43. The van der Waals surface area contributed by atoms with Crippen molar-refractivity contribution in [2.24, 2.45) is 0 Å². The smallest absolute Gasteiger partial charge is 0.408 e. The van der Waals surface area contributed by atoms with Crippen LogP contribution in [-0.4, -0.2) is 68.7 Å². The Kier molecular flexibility index (Phi) is 12.5. The number of alkyl carbamates (subject to hydrolysis) is 2. The summed E-state index contributed by atoms with van der Waals surface area (Å²) in [5, 5.41) is 5.87. The zero-order chi connectivity index (χ0) is 33.3. The second-order valence-electron chi connectivity index (χ2n) is 11.9. The van der Waals surface area contributed by atoms with Crippen LogP contribution >= 0.6 is 7.37 Å². The number of amides is 2. The largest absolute Gasteiger partial charge is 0.467 e. The van der Waals surface area contributed by atoms with Gasteiger partial charge < -0.3 is 34.1 Å². The molecule has 0 aliphatic heterocycles. The lowest BCUT2D eigenvalue weighted by Crippen LogP contribution is -2.45. The van der Waals surface area contributed by atoms with E-state index in [1.54, 1.807) is 90.1 Å². The molecule has 0 aromatic heterocycles. The molecule has 0 spiro atoms. The molecular weight excluding hydrogens is 591 g/mol. The number of carbonyl (C=O) groups excluding carboxylic acids is 4. The van der Waals surface area contributed by atoms with E-state index >= 15 is 0 Å². The van der Waals surface area contributed by atoms with Crippen LogP contribution in [0.15, 0.2) is 48.5 Å². The molecule has 0 unspecified atom stereocenters. The van der Waals surface area contributed by atoms with Gasteiger partial charge >= 0.3 is 24.1 Å². The molecule has 0 heterocycles. The van der Waals surface area contributed by atoms with Gasteiger partial charge in [-0.2, -0.15) is 0 Å². The number of hydrogen-bond donors (Lipinski definition) is 2. The molecule has 0 fully saturated rings. The molecule has 242 valence electrons. The minimum Gasteiger partial charge on any atom is -0.467 e. The summed E-state index contributed by atoms with van der Waals surface area (Å²) in [6.45, 7) is 10.3. The molecule has 0 aliphatic carbocycles. The minimum atomic E-state index is -3.52. The maximum absolute atomic E-state index is 14.0. The quantitative estimate of drug-likeness (QED) is 0.212. The van der Waals surface area contributed by atoms with E-state index in [0.29, 0.717) is 21.7 Å². The summed E-state index contributed by atoms with van der Waals surface area (Å²) >= 11 is 0. The Morgan fingerprint density at radius 1 is 0.636 bits per heavy atom. The predicted molar refractivity (Wildman–Crippen MR) is 165 cm³/mol. The molecule has 2 N–H and O–H groups in total. The van der Waals surface area contributed by atoms with E-state index in [2.05, 4.69) is 10.6 Å². The van der Waals surface area contributed by atoms with Gasteiger partial charge in [-0.25, -0.2) is 19.2 Å². The second kappa shape index (κ2) is 15.2. The minimum absolute atomic E-state index is 0.108. The summed E-state index contributed by atoms with van der Waals surface area (Å²) in [5.41, 5.74) is -0.146. The van der Waals surface area contributed by atoms with Gasteiger partial charge in [0.2, 0.25) is 0 Å². The van der Waals surface area contributed by atoms with Crippen LogP contribution in [0.25, 0.3) is 0 Å². The summed E-state index contributed by atoms with van der Waals surface area (Å²) in [4.78, 5) is 49.1. The number of hydrogen-bond acceptors (Lipinski definition) is 10. The first-order valence-electron chi connectivity index (χ1n) is 13.9. The molecule has 0 saturated heterocycles. The number of rotatable bonds is 11. The zero-order valence-corrected chi connectivity index (χ0v) is 27.6. The molecule has 2 aromatic carbocycles. The van der Waals surface area contributed by atoms with Crippen LogP contribution in [-0.2, 0) is 50.5 Å². The third-order valence-corrected chi connectivity index (χ3v) is 8.51. The van der Waals surface area contributed by atoms with E-state index in [9.17, 15) is 23.7 Å². The highest BCUT2D eigenvalue weighted by atomic mass is 31.2. The van der Waals surface area contributed by atoms with E-state index in [1.165, 1.54) is 21.3 Å². The normalized spacial score (nSPS) is 13.2. The third kappa shape index (κ3) is 11.0. The number of esters is 2. The van der Waals surface area contributed by atoms with Crippen LogP contribution in [0.1, 0.15) is 52.7 Å². The van der Waals surface area contributed by atoms with E-state index in [4.69, 9.17) is 23.5 Å². The van der Waals surface area contributed by atoms with E-state index < -0.39 is 54.8 Å². The fraction of sp³-hybridized carbons (Fsp3) is 0.484. The zero-order valence-electron chi connectivity index (χ0n) is 26.7. The number of ether oxygens (including phenoxy) is 4. The SMILES string of the molecule is COC(=O)[C@H](Cc1ccc(P(=O)(OC)c2ccc(C[C@H](NC(=O)OC(C)(C)C)C(=O)OC)cc2)cc1)NC(=O)OC(C)(C)C. The average molecular weight is 635 g/mol. The highest BCUT2D eigenvalue weighted by molar-refractivity contribution is 7.74. The Balaban J connectivity index is 2.21. The van der Waals surface area contributed by atoms with Crippen LogP contribution in [0.5, 0.6) is 0 Å². The lowest BCUT2D eigenvalue weighted by Gasteiger charge is -2.23. The van der Waals surface area contributed by atoms with Gasteiger partial charge in [0.15, 0.2) is 0 Å². The number of methoxy groups -OCH3 is 2. The predicted octanol–water partition coefficient (Wildman–Crippen LogP) is 3.78. The summed E-state index contributed by atoms with van der Waals surface area (Å²) in [5.74, 6) is -1.28. The Labute approximate surface area is 258 Å². The van der Waals surface area contributed by atoms with Crippen molar-refractivity contribution in [2.75, 3.05) is 21.3 Å². The van der Waals surface area contributed by atoms with Gasteiger partial charge in [-0.1, -0.05) is 24.3 Å². The monoisotopic (exact) mass is 634 g/mol. The lowest BCUT2D eigenvalue weighted by molar-refractivity contribution is -0.143. The third-order valence-electron chi connectivity index (χ3n) is 6.04. The summed E-state index contributed by atoms with van der Waals surface area (Å²) in [7, 11) is 0.277. The molecule has 0 bridgehead atoms. The van der Waals surface area contributed by atoms with E-state index in [0.717, 1.165) is 0 Å². The first-order valence-corrected chi connectivity index (χ1v) is 15.5. The van der Waals surface area contributed by atoms with Crippen molar-refractivity contribution in [3.63, 3.8) is 0 Å². The fourth-order valence-corrected chi connectivity index (χ4v) is 5.86. The molecule has 2 rings (SSSR count). The van der Waals surface area contributed by atoms with Gasteiger partial charge in [0.25, 0.3) is 7.37 Å². The fourth-order valence-electron chi connectivity index (χ4n) is 4.06. The maximum atomic E-state index is 14.0. The van der Waals surface area contributed by atoms with Gasteiger partial charge in [-0.05, 0) is 76.9 Å². The molecule has 2 amide bonds. The second-order valence-corrected chi connectivity index (χ2v) is 14.4. The lowest BCUT2D eigenvalue weighted by atomic mass is 10.1.